The molecule has 0 radical (unpaired) electrons. The molecule has 1 aliphatic rings. The first-order valence-electron chi connectivity index (χ1n) is 5.65. The van der Waals surface area contributed by atoms with Crippen molar-refractivity contribution in [1.29, 1.82) is 0 Å². The average molecular weight is 297 g/mol. The molecule has 3 nitrogen and oxygen atoms in total. The lowest BCUT2D eigenvalue weighted by Crippen LogP contribution is -2.43. The zero-order valence-electron chi connectivity index (χ0n) is 10.2. The highest BCUT2D eigenvalue weighted by Gasteiger charge is 2.38. The zero-order valence-corrected chi connectivity index (χ0v) is 10.2. The van der Waals surface area contributed by atoms with Crippen LogP contribution in [0.5, 0.6) is 0 Å². The maximum atomic E-state index is 13.1. The predicted octanol–water partition coefficient (Wildman–Crippen LogP) is 2.36. The molecule has 20 heavy (non-hydrogen) atoms. The molecule has 1 saturated heterocycles. The molecule has 0 atom stereocenters. The molecule has 1 fully saturated rings. The van der Waals surface area contributed by atoms with Gasteiger partial charge in [-0.1, -0.05) is 6.07 Å². The number of halogens is 5. The van der Waals surface area contributed by atoms with Gasteiger partial charge in [0.15, 0.2) is 0 Å². The summed E-state index contributed by atoms with van der Waals surface area (Å²) in [6.07, 6.45) is -4.38. The van der Waals surface area contributed by atoms with Gasteiger partial charge < -0.3 is 10.4 Å². The van der Waals surface area contributed by atoms with Gasteiger partial charge in [0.05, 0.1) is 0 Å². The van der Waals surface area contributed by atoms with Crippen LogP contribution in [0.2, 0.25) is 0 Å². The molecule has 2 rings (SSSR count). The quantitative estimate of drug-likeness (QED) is 0.824. The maximum Gasteiger partial charge on any atom is 0.490 e. The van der Waals surface area contributed by atoms with Crippen LogP contribution < -0.4 is 5.32 Å². The molecular formula is C12H12F5NO2. The minimum absolute atomic E-state index is 0.424. The van der Waals surface area contributed by atoms with Crippen LogP contribution in [0.3, 0.4) is 0 Å². The largest absolute Gasteiger partial charge is 0.490 e. The Labute approximate surface area is 111 Å². The Morgan fingerprint density at radius 1 is 1.30 bits per heavy atom. The van der Waals surface area contributed by atoms with Crippen molar-refractivity contribution in [2.75, 3.05) is 13.1 Å². The van der Waals surface area contributed by atoms with Crippen LogP contribution >= 0.6 is 0 Å². The van der Waals surface area contributed by atoms with Gasteiger partial charge in [0.1, 0.15) is 11.6 Å². The van der Waals surface area contributed by atoms with Crippen molar-refractivity contribution in [3.05, 3.63) is 35.4 Å². The number of alkyl halides is 3. The maximum absolute atomic E-state index is 13.1. The first-order chi connectivity index (χ1) is 9.20. The lowest BCUT2D eigenvalue weighted by Gasteiger charge is -2.27. The van der Waals surface area contributed by atoms with Gasteiger partial charge in [-0.2, -0.15) is 13.2 Å². The second-order valence-corrected chi connectivity index (χ2v) is 4.27. The van der Waals surface area contributed by atoms with Crippen LogP contribution in [-0.4, -0.2) is 30.3 Å². The first-order valence-corrected chi connectivity index (χ1v) is 5.65. The molecule has 0 aliphatic carbocycles. The monoisotopic (exact) mass is 297 g/mol. The molecular weight excluding hydrogens is 285 g/mol. The predicted molar refractivity (Wildman–Crippen MR) is 60.1 cm³/mol. The van der Waals surface area contributed by atoms with E-state index in [-0.39, 0.29) is 0 Å². The molecule has 1 aromatic carbocycles. The fourth-order valence-corrected chi connectivity index (χ4v) is 1.49. The summed E-state index contributed by atoms with van der Waals surface area (Å²) in [6.45, 7) is 1.88. The summed E-state index contributed by atoms with van der Waals surface area (Å²) in [5.41, 5.74) is 0.618. The topological polar surface area (TPSA) is 49.3 Å². The van der Waals surface area contributed by atoms with Crippen LogP contribution in [0, 0.1) is 17.6 Å². The number of aliphatic carboxylic acids is 1. The lowest BCUT2D eigenvalue weighted by molar-refractivity contribution is -0.192. The molecule has 0 aromatic heterocycles. The molecule has 112 valence electrons. The van der Waals surface area contributed by atoms with Crippen LogP contribution in [0.4, 0.5) is 22.0 Å². The number of nitrogens with one attached hydrogen (secondary N) is 1. The number of carboxylic acids is 1. The zero-order chi connectivity index (χ0) is 15.3. The number of carbonyl (C=O) groups is 1. The summed E-state index contributed by atoms with van der Waals surface area (Å²) in [7, 11) is 0. The highest BCUT2D eigenvalue weighted by atomic mass is 19.4. The molecule has 0 bridgehead atoms. The summed E-state index contributed by atoms with van der Waals surface area (Å²) in [4.78, 5) is 8.90. The van der Waals surface area contributed by atoms with Gasteiger partial charge in [-0.25, -0.2) is 13.6 Å². The van der Waals surface area contributed by atoms with E-state index in [0.717, 1.165) is 19.2 Å². The van der Waals surface area contributed by atoms with Crippen molar-refractivity contribution in [3.63, 3.8) is 0 Å². The van der Waals surface area contributed by atoms with Crippen molar-refractivity contribution in [3.8, 4) is 0 Å². The third-order valence-electron chi connectivity index (χ3n) is 2.63. The van der Waals surface area contributed by atoms with Gasteiger partial charge in [-0.15, -0.1) is 0 Å². The van der Waals surface area contributed by atoms with Crippen LogP contribution in [0.25, 0.3) is 0 Å². The third kappa shape index (κ3) is 5.12. The van der Waals surface area contributed by atoms with Crippen molar-refractivity contribution >= 4 is 5.97 Å². The Hall–Kier alpha value is -1.70. The molecule has 8 heteroatoms. The fraction of sp³-hybridized carbons (Fsp3) is 0.417. The lowest BCUT2D eigenvalue weighted by atomic mass is 9.94. The fourth-order valence-electron chi connectivity index (χ4n) is 1.49. The van der Waals surface area contributed by atoms with E-state index in [1.807, 2.05) is 0 Å². The van der Waals surface area contributed by atoms with Crippen LogP contribution in [0.15, 0.2) is 18.2 Å². The van der Waals surface area contributed by atoms with Crippen molar-refractivity contribution in [2.45, 2.75) is 12.6 Å². The Kier molecular flexibility index (Phi) is 5.43. The average Bonchev–Trinajstić information content (AvgIpc) is 2.25. The van der Waals surface area contributed by atoms with E-state index in [2.05, 4.69) is 5.32 Å². The standard InChI is InChI=1S/C10H11F2N.C2HF3O2/c11-9-2-1-8(10(12)4-9)3-7-5-13-6-7;3-2(4,5)1(6)7/h1-2,4,7,13H,3,5-6H2;(H,6,7). The van der Waals surface area contributed by atoms with Crippen LogP contribution in [-0.2, 0) is 11.2 Å². The van der Waals surface area contributed by atoms with E-state index in [4.69, 9.17) is 9.90 Å². The molecule has 0 unspecified atom stereocenters. The minimum Gasteiger partial charge on any atom is -0.475 e. The molecule has 2 N–H and O–H groups in total. The number of hydrogen-bond acceptors (Lipinski definition) is 2. The normalized spacial score (nSPS) is 15.1. The van der Waals surface area contributed by atoms with Gasteiger partial charge in [0.25, 0.3) is 0 Å². The minimum atomic E-state index is -5.08. The van der Waals surface area contributed by atoms with Crippen molar-refractivity contribution in [1.82, 2.24) is 5.32 Å². The second kappa shape index (κ2) is 6.65. The summed E-state index contributed by atoms with van der Waals surface area (Å²) in [5, 5.41) is 10.2. The highest BCUT2D eigenvalue weighted by molar-refractivity contribution is 5.73. The summed E-state index contributed by atoms with van der Waals surface area (Å²) in [5.74, 6) is -3.17. The van der Waals surface area contributed by atoms with E-state index >= 15 is 0 Å². The number of benzene rings is 1. The van der Waals surface area contributed by atoms with Gasteiger partial charge in [-0.05, 0) is 37.1 Å². The molecule has 1 aromatic rings. The Balaban J connectivity index is 0.000000246. The summed E-state index contributed by atoms with van der Waals surface area (Å²) < 4.78 is 57.4. The van der Waals surface area contributed by atoms with Gasteiger partial charge >= 0.3 is 12.1 Å². The Bertz CT molecular complexity index is 471. The Morgan fingerprint density at radius 2 is 1.85 bits per heavy atom. The molecule has 1 heterocycles. The van der Waals surface area contributed by atoms with Crippen molar-refractivity contribution in [2.24, 2.45) is 5.92 Å². The summed E-state index contributed by atoms with van der Waals surface area (Å²) in [6, 6.07) is 3.79. The van der Waals surface area contributed by atoms with E-state index in [1.165, 1.54) is 12.1 Å². The van der Waals surface area contributed by atoms with Crippen LogP contribution in [0.1, 0.15) is 5.56 Å². The van der Waals surface area contributed by atoms with Crippen molar-refractivity contribution < 1.29 is 31.9 Å². The number of hydrogen-bond donors (Lipinski definition) is 2. The molecule has 0 saturated carbocycles. The van der Waals surface area contributed by atoms with E-state index in [1.54, 1.807) is 0 Å². The first kappa shape index (κ1) is 16.4. The van der Waals surface area contributed by atoms with E-state index < -0.39 is 23.8 Å². The third-order valence-corrected chi connectivity index (χ3v) is 2.63. The van der Waals surface area contributed by atoms with E-state index in [0.29, 0.717) is 17.9 Å². The SMILES string of the molecule is Fc1ccc(CC2CNC2)c(F)c1.O=C(O)C(F)(F)F. The van der Waals surface area contributed by atoms with Gasteiger partial charge in [0.2, 0.25) is 0 Å². The molecule has 0 spiro atoms. The number of rotatable bonds is 2. The smallest absolute Gasteiger partial charge is 0.475 e. The summed E-state index contributed by atoms with van der Waals surface area (Å²) >= 11 is 0. The highest BCUT2D eigenvalue weighted by Crippen LogP contribution is 2.16. The van der Waals surface area contributed by atoms with E-state index in [9.17, 15) is 22.0 Å². The van der Waals surface area contributed by atoms with Gasteiger partial charge in [0, 0.05) is 6.07 Å². The second-order valence-electron chi connectivity index (χ2n) is 4.27. The molecule has 0 amide bonds. The molecule has 1 aliphatic heterocycles. The van der Waals surface area contributed by atoms with Gasteiger partial charge in [-0.3, -0.25) is 0 Å². The Morgan fingerprint density at radius 3 is 2.20 bits per heavy atom. The number of carboxylic acid groups (broad SMARTS) is 1.